The van der Waals surface area contributed by atoms with Crippen molar-refractivity contribution >= 4 is 24.3 Å². The normalized spacial score (nSPS) is 11.2. The Kier molecular flexibility index (Phi) is 11.8. The fraction of sp³-hybridized carbons (Fsp3) is 0.800. The van der Waals surface area contributed by atoms with E-state index in [2.05, 4.69) is 15.4 Å². The minimum Gasteiger partial charge on any atom is -0.469 e. The first-order chi connectivity index (χ1) is 7.11. The van der Waals surface area contributed by atoms with E-state index < -0.39 is 0 Å². The highest BCUT2D eigenvalue weighted by atomic mass is 35.5. The summed E-state index contributed by atoms with van der Waals surface area (Å²) in [6.45, 7) is 3.02. The van der Waals surface area contributed by atoms with Crippen LogP contribution in [0.3, 0.4) is 0 Å². The van der Waals surface area contributed by atoms with Crippen molar-refractivity contribution in [2.45, 2.75) is 19.8 Å². The first-order valence-electron chi connectivity index (χ1n) is 5.11. The fourth-order valence-corrected chi connectivity index (χ4v) is 1.12. The van der Waals surface area contributed by atoms with Crippen LogP contribution >= 0.6 is 12.4 Å². The van der Waals surface area contributed by atoms with E-state index in [0.29, 0.717) is 25.9 Å². The molecule has 1 unspecified atom stereocenters. The maximum atomic E-state index is 11.4. The summed E-state index contributed by atoms with van der Waals surface area (Å²) >= 11 is 0. The standard InChI is InChI=1S/C10H20N2O3.ClH/c1-8(7-11-2)10(14)12-6-4-5-9(13)15-3;/h8,11H,4-7H2,1-3H3,(H,12,14);1H. The Morgan fingerprint density at radius 1 is 1.38 bits per heavy atom. The third kappa shape index (κ3) is 8.49. The largest absolute Gasteiger partial charge is 0.469 e. The highest BCUT2D eigenvalue weighted by molar-refractivity contribution is 5.85. The second kappa shape index (κ2) is 10.7. The van der Waals surface area contributed by atoms with Gasteiger partial charge in [-0.1, -0.05) is 6.92 Å². The van der Waals surface area contributed by atoms with Crippen LogP contribution in [-0.2, 0) is 14.3 Å². The number of amides is 1. The molecule has 96 valence electrons. The van der Waals surface area contributed by atoms with Gasteiger partial charge in [-0.25, -0.2) is 0 Å². The Labute approximate surface area is 103 Å². The quantitative estimate of drug-likeness (QED) is 0.506. The number of methoxy groups -OCH3 is 1. The van der Waals surface area contributed by atoms with E-state index in [1.165, 1.54) is 7.11 Å². The van der Waals surface area contributed by atoms with Crippen LogP contribution in [0.5, 0.6) is 0 Å². The second-order valence-electron chi connectivity index (χ2n) is 3.43. The number of rotatable bonds is 7. The van der Waals surface area contributed by atoms with Gasteiger partial charge in [-0.3, -0.25) is 9.59 Å². The molecule has 0 aliphatic carbocycles. The van der Waals surface area contributed by atoms with Gasteiger partial charge in [-0.05, 0) is 13.5 Å². The van der Waals surface area contributed by atoms with Crippen molar-refractivity contribution in [3.05, 3.63) is 0 Å². The Hall–Kier alpha value is -0.810. The minimum atomic E-state index is -0.243. The van der Waals surface area contributed by atoms with Gasteiger partial charge in [0.1, 0.15) is 0 Å². The minimum absolute atomic E-state index is 0. The van der Waals surface area contributed by atoms with E-state index in [1.54, 1.807) is 7.05 Å². The summed E-state index contributed by atoms with van der Waals surface area (Å²) in [5, 5.41) is 5.69. The van der Waals surface area contributed by atoms with Crippen molar-refractivity contribution in [3.63, 3.8) is 0 Å². The SMILES string of the molecule is CNCC(C)C(=O)NCCCC(=O)OC.Cl. The van der Waals surface area contributed by atoms with Gasteiger partial charge >= 0.3 is 5.97 Å². The highest BCUT2D eigenvalue weighted by Gasteiger charge is 2.10. The van der Waals surface area contributed by atoms with Gasteiger partial charge in [0.05, 0.1) is 7.11 Å². The second-order valence-corrected chi connectivity index (χ2v) is 3.43. The number of carbonyl (C=O) groups is 2. The summed E-state index contributed by atoms with van der Waals surface area (Å²) < 4.78 is 4.48. The van der Waals surface area contributed by atoms with Crippen molar-refractivity contribution < 1.29 is 14.3 Å². The molecule has 2 N–H and O–H groups in total. The summed E-state index contributed by atoms with van der Waals surface area (Å²) in [7, 11) is 3.16. The maximum Gasteiger partial charge on any atom is 0.305 e. The van der Waals surface area contributed by atoms with Crippen molar-refractivity contribution in [2.75, 3.05) is 27.2 Å². The molecule has 1 amide bonds. The lowest BCUT2D eigenvalue weighted by Gasteiger charge is -2.10. The molecule has 16 heavy (non-hydrogen) atoms. The number of hydrogen-bond acceptors (Lipinski definition) is 4. The van der Waals surface area contributed by atoms with Gasteiger partial charge in [0, 0.05) is 25.4 Å². The molecular formula is C10H21ClN2O3. The molecule has 0 rings (SSSR count). The number of carbonyl (C=O) groups excluding carboxylic acids is 2. The van der Waals surface area contributed by atoms with E-state index in [4.69, 9.17) is 0 Å². The van der Waals surface area contributed by atoms with Crippen LogP contribution in [0.1, 0.15) is 19.8 Å². The molecule has 5 nitrogen and oxygen atoms in total. The van der Waals surface area contributed by atoms with Crippen LogP contribution in [-0.4, -0.2) is 39.1 Å². The highest BCUT2D eigenvalue weighted by Crippen LogP contribution is 1.94. The molecule has 0 heterocycles. The lowest BCUT2D eigenvalue weighted by Crippen LogP contribution is -2.34. The van der Waals surface area contributed by atoms with E-state index in [1.807, 2.05) is 6.92 Å². The third-order valence-electron chi connectivity index (χ3n) is 2.04. The molecule has 0 bridgehead atoms. The average Bonchev–Trinajstić information content (AvgIpc) is 2.23. The smallest absolute Gasteiger partial charge is 0.305 e. The maximum absolute atomic E-state index is 11.4. The predicted molar refractivity (Wildman–Crippen MR) is 64.6 cm³/mol. The van der Waals surface area contributed by atoms with Gasteiger partial charge < -0.3 is 15.4 Å². The number of ether oxygens (including phenoxy) is 1. The van der Waals surface area contributed by atoms with Crippen molar-refractivity contribution in [3.8, 4) is 0 Å². The summed E-state index contributed by atoms with van der Waals surface area (Å²) in [6.07, 6.45) is 0.960. The van der Waals surface area contributed by atoms with Crippen molar-refractivity contribution in [1.82, 2.24) is 10.6 Å². The monoisotopic (exact) mass is 252 g/mol. The van der Waals surface area contributed by atoms with Crippen LogP contribution in [0.4, 0.5) is 0 Å². The van der Waals surface area contributed by atoms with Crippen LogP contribution in [0.25, 0.3) is 0 Å². The molecule has 0 saturated heterocycles. The molecule has 0 radical (unpaired) electrons. The van der Waals surface area contributed by atoms with Gasteiger partial charge in [-0.15, -0.1) is 12.4 Å². The zero-order valence-electron chi connectivity index (χ0n) is 10.0. The third-order valence-corrected chi connectivity index (χ3v) is 2.04. The van der Waals surface area contributed by atoms with E-state index in [9.17, 15) is 9.59 Å². The molecule has 0 aliphatic heterocycles. The number of halogens is 1. The van der Waals surface area contributed by atoms with E-state index >= 15 is 0 Å². The molecule has 0 saturated carbocycles. The van der Waals surface area contributed by atoms with Gasteiger partial charge in [0.2, 0.25) is 5.91 Å². The Morgan fingerprint density at radius 3 is 2.50 bits per heavy atom. The fourth-order valence-electron chi connectivity index (χ4n) is 1.12. The molecule has 0 aromatic heterocycles. The molecule has 0 aromatic carbocycles. The number of esters is 1. The van der Waals surface area contributed by atoms with Gasteiger partial charge in [0.15, 0.2) is 0 Å². The molecule has 0 aliphatic rings. The van der Waals surface area contributed by atoms with E-state index in [-0.39, 0.29) is 30.2 Å². The first-order valence-corrected chi connectivity index (χ1v) is 5.11. The molecule has 6 heteroatoms. The lowest BCUT2D eigenvalue weighted by molar-refractivity contribution is -0.140. The van der Waals surface area contributed by atoms with Crippen molar-refractivity contribution in [2.24, 2.45) is 5.92 Å². The van der Waals surface area contributed by atoms with Crippen LogP contribution in [0.2, 0.25) is 0 Å². The molecule has 0 fully saturated rings. The first kappa shape index (κ1) is 17.6. The van der Waals surface area contributed by atoms with Gasteiger partial charge in [-0.2, -0.15) is 0 Å². The van der Waals surface area contributed by atoms with Crippen LogP contribution in [0.15, 0.2) is 0 Å². The lowest BCUT2D eigenvalue weighted by atomic mass is 10.1. The number of nitrogens with one attached hydrogen (secondary N) is 2. The Balaban J connectivity index is 0. The summed E-state index contributed by atoms with van der Waals surface area (Å²) in [5.74, 6) is -0.283. The molecule has 0 spiro atoms. The van der Waals surface area contributed by atoms with Crippen LogP contribution < -0.4 is 10.6 Å². The predicted octanol–water partition coefficient (Wildman–Crippen LogP) is 0.333. The van der Waals surface area contributed by atoms with Gasteiger partial charge in [0.25, 0.3) is 0 Å². The van der Waals surface area contributed by atoms with Crippen LogP contribution in [0, 0.1) is 5.92 Å². The zero-order chi connectivity index (χ0) is 11.7. The molecular weight excluding hydrogens is 232 g/mol. The number of hydrogen-bond donors (Lipinski definition) is 2. The Bertz CT molecular complexity index is 212. The summed E-state index contributed by atoms with van der Waals surface area (Å²) in [6, 6.07) is 0. The molecule has 0 aromatic rings. The Morgan fingerprint density at radius 2 is 2.00 bits per heavy atom. The average molecular weight is 253 g/mol. The van der Waals surface area contributed by atoms with E-state index in [0.717, 1.165) is 0 Å². The molecule has 1 atom stereocenters. The summed E-state index contributed by atoms with van der Waals surface area (Å²) in [5.41, 5.74) is 0. The van der Waals surface area contributed by atoms with Crippen molar-refractivity contribution in [1.29, 1.82) is 0 Å². The zero-order valence-corrected chi connectivity index (χ0v) is 10.9. The summed E-state index contributed by atoms with van der Waals surface area (Å²) in [4.78, 5) is 22.1. The topological polar surface area (TPSA) is 67.4 Å².